The number of H-pyrrole nitrogens is 1. The zero-order valence-corrected chi connectivity index (χ0v) is 13.6. The number of nitrogens with one attached hydrogen (secondary N) is 2. The maximum Gasteiger partial charge on any atom is 0.279 e. The summed E-state index contributed by atoms with van der Waals surface area (Å²) in [5.74, 6) is 0.334. The third-order valence-electron chi connectivity index (χ3n) is 3.78. The molecule has 5 heteroatoms. The predicted octanol–water partition coefficient (Wildman–Crippen LogP) is 3.92. The number of aryl methyl sites for hydroxylation is 1. The lowest BCUT2D eigenvalue weighted by Gasteiger charge is -2.07. The molecule has 5 nitrogen and oxygen atoms in total. The van der Waals surface area contributed by atoms with E-state index in [4.69, 9.17) is 0 Å². The number of rotatable bonds is 6. The minimum absolute atomic E-state index is 0.265. The van der Waals surface area contributed by atoms with Gasteiger partial charge in [-0.15, -0.1) is 10.2 Å². The van der Waals surface area contributed by atoms with Crippen molar-refractivity contribution in [1.29, 1.82) is 0 Å². The zero-order chi connectivity index (χ0) is 16.8. The number of aromatic nitrogens is 3. The first-order valence-electron chi connectivity index (χ1n) is 8.14. The van der Waals surface area contributed by atoms with Crippen molar-refractivity contribution in [2.45, 2.75) is 26.2 Å². The second-order valence-corrected chi connectivity index (χ2v) is 5.64. The molecule has 0 fully saturated rings. The molecule has 0 saturated heterocycles. The Kier molecular flexibility index (Phi) is 5.01. The average Bonchev–Trinajstić information content (AvgIpc) is 2.62. The van der Waals surface area contributed by atoms with E-state index in [0.717, 1.165) is 17.7 Å². The van der Waals surface area contributed by atoms with Crippen LogP contribution in [0.3, 0.4) is 0 Å². The van der Waals surface area contributed by atoms with E-state index < -0.39 is 0 Å². The summed E-state index contributed by atoms with van der Waals surface area (Å²) in [6, 6.07) is 17.4. The summed E-state index contributed by atoms with van der Waals surface area (Å²) >= 11 is 0. The van der Waals surface area contributed by atoms with Crippen LogP contribution < -0.4 is 10.9 Å². The molecule has 0 aliphatic heterocycles. The van der Waals surface area contributed by atoms with Gasteiger partial charge in [0.05, 0.1) is 0 Å². The summed E-state index contributed by atoms with van der Waals surface area (Å²) in [6.45, 7) is 2.18. The Balaban J connectivity index is 1.74. The molecule has 3 rings (SSSR count). The maximum atomic E-state index is 12.2. The minimum atomic E-state index is -0.265. The summed E-state index contributed by atoms with van der Waals surface area (Å²) in [5.41, 5.74) is 2.97. The maximum absolute atomic E-state index is 12.2. The van der Waals surface area contributed by atoms with Gasteiger partial charge in [0, 0.05) is 11.3 Å². The lowest BCUT2D eigenvalue weighted by Crippen LogP contribution is -2.15. The Morgan fingerprint density at radius 2 is 1.75 bits per heavy atom. The number of hydrogen-bond acceptors (Lipinski definition) is 4. The Morgan fingerprint density at radius 3 is 2.42 bits per heavy atom. The highest BCUT2D eigenvalue weighted by molar-refractivity contribution is 5.58. The van der Waals surface area contributed by atoms with Gasteiger partial charge < -0.3 is 5.32 Å². The summed E-state index contributed by atoms with van der Waals surface area (Å²) in [7, 11) is 0. The van der Waals surface area contributed by atoms with Gasteiger partial charge in [0.1, 0.15) is 0 Å². The standard InChI is InChI=1S/C19H20N4O/c1-2-3-7-14-10-12-16(13-11-14)20-19-21-18(24)17(22-23-19)15-8-5-4-6-9-15/h4-6,8-13H,2-3,7H2,1H3,(H2,20,21,23,24). The molecule has 3 aromatic rings. The van der Waals surface area contributed by atoms with Crippen molar-refractivity contribution in [3.8, 4) is 11.3 Å². The van der Waals surface area contributed by atoms with Crippen molar-refractivity contribution in [3.05, 3.63) is 70.5 Å². The van der Waals surface area contributed by atoms with Gasteiger partial charge in [-0.3, -0.25) is 9.78 Å². The fraction of sp³-hybridized carbons (Fsp3) is 0.211. The van der Waals surface area contributed by atoms with Crippen LogP contribution in [0.15, 0.2) is 59.4 Å². The third-order valence-corrected chi connectivity index (χ3v) is 3.78. The molecule has 0 saturated carbocycles. The molecule has 0 unspecified atom stereocenters. The molecule has 0 radical (unpaired) electrons. The molecular weight excluding hydrogens is 300 g/mol. The van der Waals surface area contributed by atoms with Gasteiger partial charge in [0.2, 0.25) is 5.95 Å². The van der Waals surface area contributed by atoms with Gasteiger partial charge in [-0.25, -0.2) is 0 Å². The lowest BCUT2D eigenvalue weighted by molar-refractivity contribution is 0.795. The van der Waals surface area contributed by atoms with Crippen LogP contribution in [0.25, 0.3) is 11.3 Å². The topological polar surface area (TPSA) is 70.7 Å². The van der Waals surface area contributed by atoms with Crippen LogP contribution in [-0.2, 0) is 6.42 Å². The summed E-state index contributed by atoms with van der Waals surface area (Å²) < 4.78 is 0. The van der Waals surface area contributed by atoms with E-state index >= 15 is 0 Å². The SMILES string of the molecule is CCCCc1ccc(Nc2nnc(-c3ccccc3)c(=O)[nH]2)cc1. The molecule has 1 aromatic heterocycles. The average molecular weight is 320 g/mol. The van der Waals surface area contributed by atoms with Crippen molar-refractivity contribution in [3.63, 3.8) is 0 Å². The van der Waals surface area contributed by atoms with Crippen LogP contribution in [0.5, 0.6) is 0 Å². The number of nitrogens with zero attached hydrogens (tertiary/aromatic N) is 2. The number of anilines is 2. The highest BCUT2D eigenvalue weighted by Crippen LogP contribution is 2.15. The van der Waals surface area contributed by atoms with E-state index in [9.17, 15) is 4.79 Å². The van der Waals surface area contributed by atoms with Gasteiger partial charge in [-0.2, -0.15) is 0 Å². The van der Waals surface area contributed by atoms with Gasteiger partial charge in [-0.1, -0.05) is 55.8 Å². The molecule has 0 atom stereocenters. The van der Waals surface area contributed by atoms with E-state index in [0.29, 0.717) is 11.6 Å². The highest BCUT2D eigenvalue weighted by atomic mass is 16.1. The minimum Gasteiger partial charge on any atom is -0.324 e. The number of hydrogen-bond donors (Lipinski definition) is 2. The first-order chi connectivity index (χ1) is 11.8. The first kappa shape index (κ1) is 15.9. The fourth-order valence-electron chi connectivity index (χ4n) is 2.45. The fourth-order valence-corrected chi connectivity index (χ4v) is 2.45. The van der Waals surface area contributed by atoms with Crippen LogP contribution in [0.1, 0.15) is 25.3 Å². The van der Waals surface area contributed by atoms with E-state index in [1.54, 1.807) is 0 Å². The summed E-state index contributed by atoms with van der Waals surface area (Å²) in [5, 5.41) is 11.2. The number of aromatic amines is 1. The van der Waals surface area contributed by atoms with E-state index in [2.05, 4.69) is 39.6 Å². The number of benzene rings is 2. The van der Waals surface area contributed by atoms with Gasteiger partial charge in [0.15, 0.2) is 5.69 Å². The largest absolute Gasteiger partial charge is 0.324 e. The monoisotopic (exact) mass is 320 g/mol. The molecule has 0 amide bonds. The molecule has 2 aromatic carbocycles. The quantitative estimate of drug-likeness (QED) is 0.722. The second kappa shape index (κ2) is 7.55. The molecule has 122 valence electrons. The van der Waals surface area contributed by atoms with Crippen molar-refractivity contribution in [2.24, 2.45) is 0 Å². The van der Waals surface area contributed by atoms with Crippen molar-refractivity contribution in [2.75, 3.05) is 5.32 Å². The molecule has 0 aliphatic rings. The molecular formula is C19H20N4O. The van der Waals surface area contributed by atoms with Crippen molar-refractivity contribution >= 4 is 11.6 Å². The van der Waals surface area contributed by atoms with Gasteiger partial charge in [-0.05, 0) is 30.5 Å². The third kappa shape index (κ3) is 3.87. The molecule has 1 heterocycles. The van der Waals surface area contributed by atoms with Crippen LogP contribution in [0.4, 0.5) is 11.6 Å². The Morgan fingerprint density at radius 1 is 1.00 bits per heavy atom. The summed E-state index contributed by atoms with van der Waals surface area (Å²) in [4.78, 5) is 14.9. The van der Waals surface area contributed by atoms with Crippen molar-refractivity contribution < 1.29 is 0 Å². The van der Waals surface area contributed by atoms with Crippen LogP contribution in [0, 0.1) is 0 Å². The van der Waals surface area contributed by atoms with E-state index in [-0.39, 0.29) is 5.56 Å². The van der Waals surface area contributed by atoms with Crippen LogP contribution >= 0.6 is 0 Å². The zero-order valence-electron chi connectivity index (χ0n) is 13.6. The Bertz CT molecular complexity index is 841. The van der Waals surface area contributed by atoms with Crippen LogP contribution in [-0.4, -0.2) is 15.2 Å². The smallest absolute Gasteiger partial charge is 0.279 e. The second-order valence-electron chi connectivity index (χ2n) is 5.64. The molecule has 0 bridgehead atoms. The highest BCUT2D eigenvalue weighted by Gasteiger charge is 2.07. The molecule has 0 spiro atoms. The van der Waals surface area contributed by atoms with Gasteiger partial charge >= 0.3 is 0 Å². The molecule has 0 aliphatic carbocycles. The molecule has 24 heavy (non-hydrogen) atoms. The van der Waals surface area contributed by atoms with Crippen molar-refractivity contribution in [1.82, 2.24) is 15.2 Å². The lowest BCUT2D eigenvalue weighted by atomic mass is 10.1. The summed E-state index contributed by atoms with van der Waals surface area (Å²) in [6.07, 6.45) is 3.45. The number of unbranched alkanes of at least 4 members (excludes halogenated alkanes) is 1. The Labute approximate surface area is 140 Å². The normalized spacial score (nSPS) is 10.5. The van der Waals surface area contributed by atoms with Gasteiger partial charge in [0.25, 0.3) is 5.56 Å². The molecule has 2 N–H and O–H groups in total. The predicted molar refractivity (Wildman–Crippen MR) is 96.4 cm³/mol. The Hall–Kier alpha value is -2.95. The van der Waals surface area contributed by atoms with E-state index in [1.165, 1.54) is 18.4 Å². The van der Waals surface area contributed by atoms with E-state index in [1.807, 2.05) is 42.5 Å². The first-order valence-corrected chi connectivity index (χ1v) is 8.14. The van der Waals surface area contributed by atoms with Crippen LogP contribution in [0.2, 0.25) is 0 Å².